The third-order valence-corrected chi connectivity index (χ3v) is 19.0. The minimum atomic E-state index is -0.883. The van der Waals surface area contributed by atoms with E-state index in [1.54, 1.807) is 31.2 Å². The molecule has 414 valence electrons. The van der Waals surface area contributed by atoms with Gasteiger partial charge in [-0.2, -0.15) is 0 Å². The normalized spacial score (nSPS) is 16.4. The molecule has 4 saturated carbocycles. The Bertz CT molecular complexity index is 3160. The van der Waals surface area contributed by atoms with Crippen LogP contribution in [-0.4, -0.2) is 66.4 Å². The fourth-order valence-corrected chi connectivity index (χ4v) is 15.6. The molecule has 0 spiro atoms. The Morgan fingerprint density at radius 3 is 0.911 bits per heavy atom. The van der Waals surface area contributed by atoms with Crippen molar-refractivity contribution in [1.82, 2.24) is 19.9 Å². The first-order chi connectivity index (χ1) is 37.2. The van der Waals surface area contributed by atoms with E-state index in [-0.39, 0.29) is 36.1 Å². The van der Waals surface area contributed by atoms with Crippen LogP contribution in [0.2, 0.25) is 0 Å². The minimum absolute atomic E-state index is 0. The second-order valence-electron chi connectivity index (χ2n) is 21.4. The molecule has 0 atom stereocenters. The van der Waals surface area contributed by atoms with Crippen LogP contribution in [-0.2, 0) is 4.74 Å². The number of methoxy groups -OCH3 is 1. The number of carboxylic acid groups (broad SMARTS) is 2. The summed E-state index contributed by atoms with van der Waals surface area (Å²) in [6.07, 6.45) is 25.8. The summed E-state index contributed by atoms with van der Waals surface area (Å²) in [5.74, 6) is 0.512. The largest absolute Gasteiger partial charge is 1.00 e. The minimum Gasteiger partial charge on any atom is -0.870 e. The molecule has 4 fully saturated rings. The number of carboxylic acids is 2. The Kier molecular flexibility index (Phi) is 22.5. The zero-order chi connectivity index (χ0) is 54.3. The van der Waals surface area contributed by atoms with E-state index in [9.17, 15) is 19.2 Å². The predicted molar refractivity (Wildman–Crippen MR) is 324 cm³/mol. The summed E-state index contributed by atoms with van der Waals surface area (Å²) in [6, 6.07) is 22.4. The molecule has 4 aliphatic carbocycles. The molecule has 12 rings (SSSR count). The summed E-state index contributed by atoms with van der Waals surface area (Å²) in [5.41, 5.74) is 11.3. The average molecular weight is 1320 g/mol. The quantitative estimate of drug-likeness (QED) is 0.0488. The van der Waals surface area contributed by atoms with Gasteiger partial charge in [0.1, 0.15) is 0 Å². The third-order valence-electron chi connectivity index (χ3n) is 16.5. The van der Waals surface area contributed by atoms with Crippen LogP contribution < -0.4 is 18.9 Å². The summed E-state index contributed by atoms with van der Waals surface area (Å²) in [4.78, 5) is 58.4. The first-order valence-corrected chi connectivity index (χ1v) is 30.7. The molecule has 0 aliphatic heterocycles. The number of ketones is 1. The fourth-order valence-electron chi connectivity index (χ4n) is 12.6. The van der Waals surface area contributed by atoms with E-state index in [4.69, 9.17) is 14.9 Å². The number of ether oxygens (including phenoxy) is 1. The third kappa shape index (κ3) is 14.4. The number of carbonyl (C=O) groups is 4. The molecule has 4 aromatic carbocycles. The summed E-state index contributed by atoms with van der Waals surface area (Å²) < 4.78 is 8.95. The van der Waals surface area contributed by atoms with Gasteiger partial charge in [-0.3, -0.25) is 4.79 Å². The van der Waals surface area contributed by atoms with Crippen LogP contribution in [0, 0.1) is 0 Å². The van der Waals surface area contributed by atoms with Gasteiger partial charge < -0.3 is 40.4 Å². The molecule has 0 radical (unpaired) electrons. The zero-order valence-corrected chi connectivity index (χ0v) is 51.6. The van der Waals surface area contributed by atoms with E-state index in [1.807, 2.05) is 42.5 Å². The molecule has 0 saturated heterocycles. The number of halogens is 4. The van der Waals surface area contributed by atoms with Crippen LogP contribution in [0.15, 0.2) is 91.2 Å². The van der Waals surface area contributed by atoms with E-state index in [0.29, 0.717) is 40.4 Å². The standard InChI is InChI=1S/C16H18BrNO2.C16H18BrNO.2C15H16BrNO2.Li.H2O/c1-20-16(19)11-7-8-12-13(9-11)18-15(17)14(12)10-5-3-2-4-6-10;1-10(19)12-7-8-13-14(9-12)18-16(17)15(13)11-5-3-2-4-6-11;2*16-14-13(9-4-2-1-3-5-9)11-7-6-10(15(18)19)8-12(11)17-14;;/h7-10,18H,2-6H2,1H3;7-9,11,18H,2-6H2,1H3;2*6-9,17H,1-5H2,(H,18,19);;1H2/q;;;;+1;/p-1. The van der Waals surface area contributed by atoms with Crippen molar-refractivity contribution in [2.45, 2.75) is 159 Å². The van der Waals surface area contributed by atoms with Crippen LogP contribution in [0.1, 0.15) is 223 Å². The molecular formula is C62H69Br4LiN4O8. The van der Waals surface area contributed by atoms with Crippen LogP contribution in [0.3, 0.4) is 0 Å². The Hall–Kier alpha value is -4.40. The SMILES string of the molecule is CC(=O)c1ccc2c(C3CCCCC3)c(Br)[nH]c2c1.COC(=O)c1ccc2c(C3CCCCC3)c(Br)[nH]c2c1.O=C(O)c1ccc2c(C3CCCCC3)c(Br)[nH]c2c1.O=C(O)c1ccc2c(C3CCCCC3)c(Br)[nH]c2c1.[Li+].[OH-]. The Morgan fingerprint density at radius 2 is 0.658 bits per heavy atom. The van der Waals surface area contributed by atoms with Gasteiger partial charge in [0.05, 0.1) is 42.2 Å². The summed E-state index contributed by atoms with van der Waals surface area (Å²) in [5, 5.41) is 22.9. The van der Waals surface area contributed by atoms with Crippen molar-refractivity contribution < 1.29 is 58.5 Å². The Labute approximate surface area is 507 Å². The number of hydrogen-bond donors (Lipinski definition) is 6. The van der Waals surface area contributed by atoms with E-state index in [1.165, 1.54) is 169 Å². The maximum atomic E-state index is 11.6. The number of aromatic carboxylic acids is 2. The number of esters is 1. The molecule has 7 N–H and O–H groups in total. The van der Waals surface area contributed by atoms with Crippen molar-refractivity contribution in [1.29, 1.82) is 0 Å². The topological polar surface area (TPSA) is 211 Å². The van der Waals surface area contributed by atoms with Crippen LogP contribution >= 0.6 is 63.7 Å². The Balaban J connectivity index is 0.000000151. The predicted octanol–water partition coefficient (Wildman–Crippen LogP) is 16.1. The van der Waals surface area contributed by atoms with E-state index in [2.05, 4.69) is 89.7 Å². The molecule has 0 amide bonds. The van der Waals surface area contributed by atoms with Gasteiger partial charge in [0.2, 0.25) is 0 Å². The van der Waals surface area contributed by atoms with Crippen molar-refractivity contribution in [2.24, 2.45) is 0 Å². The monoisotopic (exact) mass is 1320 g/mol. The number of fused-ring (bicyclic) bond motifs is 4. The average Bonchev–Trinajstić information content (AvgIpc) is 4.37. The first kappa shape index (κ1) is 62.2. The van der Waals surface area contributed by atoms with Gasteiger partial charge >= 0.3 is 36.8 Å². The first-order valence-electron chi connectivity index (χ1n) is 27.5. The molecule has 0 bridgehead atoms. The number of benzene rings is 4. The smallest absolute Gasteiger partial charge is 0.870 e. The van der Waals surface area contributed by atoms with Gasteiger partial charge in [-0.05, 0) is 210 Å². The van der Waals surface area contributed by atoms with E-state index >= 15 is 0 Å². The second-order valence-corrected chi connectivity index (χ2v) is 24.6. The number of nitrogens with one attached hydrogen (secondary N) is 4. The van der Waals surface area contributed by atoms with Crippen molar-refractivity contribution >= 4 is 131 Å². The maximum absolute atomic E-state index is 11.6. The van der Waals surface area contributed by atoms with Crippen LogP contribution in [0.4, 0.5) is 0 Å². The molecule has 17 heteroatoms. The van der Waals surface area contributed by atoms with Crippen molar-refractivity contribution in [3.05, 3.63) is 136 Å². The number of aromatic nitrogens is 4. The Morgan fingerprint density at radius 1 is 0.418 bits per heavy atom. The zero-order valence-electron chi connectivity index (χ0n) is 45.3. The van der Waals surface area contributed by atoms with Crippen molar-refractivity contribution in [3.8, 4) is 0 Å². The number of aromatic amines is 4. The fraction of sp³-hybridized carbons (Fsp3) is 0.419. The molecule has 0 unspecified atom stereocenters. The van der Waals surface area contributed by atoms with E-state index < -0.39 is 11.9 Å². The van der Waals surface area contributed by atoms with Gasteiger partial charge in [0.25, 0.3) is 0 Å². The molecule has 8 aromatic rings. The van der Waals surface area contributed by atoms with Crippen LogP contribution in [0.25, 0.3) is 43.6 Å². The number of rotatable bonds is 8. The summed E-state index contributed by atoms with van der Waals surface area (Å²) in [7, 11) is 1.41. The molecule has 4 aliphatic rings. The van der Waals surface area contributed by atoms with Crippen molar-refractivity contribution in [2.75, 3.05) is 7.11 Å². The van der Waals surface area contributed by atoms with Gasteiger partial charge in [-0.15, -0.1) is 0 Å². The van der Waals surface area contributed by atoms with Gasteiger partial charge in [0.15, 0.2) is 5.78 Å². The second kappa shape index (κ2) is 28.5. The number of H-pyrrole nitrogens is 4. The van der Waals surface area contributed by atoms with Gasteiger partial charge in [0, 0.05) is 49.2 Å². The molecule has 79 heavy (non-hydrogen) atoms. The maximum Gasteiger partial charge on any atom is 1.00 e. The van der Waals surface area contributed by atoms with Crippen LogP contribution in [0.5, 0.6) is 0 Å². The number of Topliss-reactive ketones (excluding diaryl/α,β-unsaturated/α-hetero) is 1. The molecular weight excluding hydrogens is 1260 g/mol. The molecule has 4 heterocycles. The van der Waals surface area contributed by atoms with Gasteiger partial charge in [-0.25, -0.2) is 14.4 Å². The van der Waals surface area contributed by atoms with E-state index in [0.717, 1.165) is 56.8 Å². The molecule has 4 aromatic heterocycles. The van der Waals surface area contributed by atoms with Gasteiger partial charge in [-0.1, -0.05) is 107 Å². The summed E-state index contributed by atoms with van der Waals surface area (Å²) in [6.45, 7) is 1.61. The summed E-state index contributed by atoms with van der Waals surface area (Å²) >= 11 is 14.5. The molecule has 12 nitrogen and oxygen atoms in total. The van der Waals surface area contributed by atoms with Crippen molar-refractivity contribution in [3.63, 3.8) is 0 Å². The number of hydrogen-bond acceptors (Lipinski definition) is 6. The number of carbonyl (C=O) groups excluding carboxylic acids is 2.